The molecule has 0 unspecified atom stereocenters. The summed E-state index contributed by atoms with van der Waals surface area (Å²) in [5.74, 6) is 0.729. The number of hydrogen-bond donors (Lipinski definition) is 1. The molecule has 0 fully saturated rings. The van der Waals surface area contributed by atoms with Crippen molar-refractivity contribution in [1.82, 2.24) is 14.5 Å². The lowest BCUT2D eigenvalue weighted by atomic mass is 10.0. The average molecular weight is 459 g/mol. The quantitative estimate of drug-likeness (QED) is 0.319. The Morgan fingerprint density at radius 2 is 1.73 bits per heavy atom. The van der Waals surface area contributed by atoms with Crippen molar-refractivity contribution < 1.29 is 4.79 Å². The fraction of sp³-hybridized carbons (Fsp3) is 0.296. The van der Waals surface area contributed by atoms with Gasteiger partial charge in [-0.1, -0.05) is 66.2 Å². The molecule has 4 rings (SSSR count). The van der Waals surface area contributed by atoms with Gasteiger partial charge in [0, 0.05) is 17.6 Å². The number of thioether (sulfide) groups is 1. The first-order valence-corrected chi connectivity index (χ1v) is 12.3. The Labute approximate surface area is 199 Å². The first-order valence-electron chi connectivity index (χ1n) is 11.3. The lowest BCUT2D eigenvalue weighted by molar-refractivity contribution is -0.119. The third-order valence-electron chi connectivity index (χ3n) is 5.83. The zero-order valence-electron chi connectivity index (χ0n) is 19.8. The summed E-state index contributed by atoms with van der Waals surface area (Å²) in [5.41, 5.74) is 8.22. The van der Waals surface area contributed by atoms with Crippen molar-refractivity contribution in [2.75, 3.05) is 5.32 Å². The highest BCUT2D eigenvalue weighted by molar-refractivity contribution is 7.98. The molecule has 0 radical (unpaired) electrons. The van der Waals surface area contributed by atoms with Crippen molar-refractivity contribution in [3.05, 3.63) is 82.5 Å². The molecule has 0 saturated heterocycles. The number of aryl methyl sites for hydroxylation is 4. The van der Waals surface area contributed by atoms with Crippen LogP contribution in [-0.2, 0) is 10.5 Å². The Hall–Kier alpha value is -3.12. The topological polar surface area (TPSA) is 59.8 Å². The smallest absolute Gasteiger partial charge is 0.247 e. The Morgan fingerprint density at radius 1 is 1.03 bits per heavy atom. The van der Waals surface area contributed by atoms with E-state index in [9.17, 15) is 4.79 Å². The van der Waals surface area contributed by atoms with Gasteiger partial charge in [0.05, 0.1) is 0 Å². The summed E-state index contributed by atoms with van der Waals surface area (Å²) in [4.78, 5) is 23.0. The third kappa shape index (κ3) is 4.96. The molecule has 4 aromatic rings. The van der Waals surface area contributed by atoms with E-state index in [2.05, 4.69) is 60.5 Å². The second-order valence-corrected chi connectivity index (χ2v) is 9.51. The SMILES string of the molecule is CC[C@H](C(=O)Nc1c(C)cc(C)cc1C)n1c(SCc2ccc(C)cc2)nc2cccnc21. The molecule has 6 heteroatoms. The molecule has 0 bridgehead atoms. The number of benzene rings is 2. The van der Waals surface area contributed by atoms with Gasteiger partial charge in [0.15, 0.2) is 10.8 Å². The van der Waals surface area contributed by atoms with Gasteiger partial charge in [-0.25, -0.2) is 9.97 Å². The second kappa shape index (κ2) is 9.79. The summed E-state index contributed by atoms with van der Waals surface area (Å²) in [5, 5.41) is 4.00. The molecule has 0 spiro atoms. The summed E-state index contributed by atoms with van der Waals surface area (Å²) in [7, 11) is 0. The van der Waals surface area contributed by atoms with Gasteiger partial charge in [0.25, 0.3) is 0 Å². The number of carbonyl (C=O) groups is 1. The van der Waals surface area contributed by atoms with Gasteiger partial charge in [0.2, 0.25) is 5.91 Å². The van der Waals surface area contributed by atoms with Gasteiger partial charge in [0.1, 0.15) is 11.6 Å². The first-order chi connectivity index (χ1) is 15.9. The molecule has 1 amide bonds. The van der Waals surface area contributed by atoms with Gasteiger partial charge in [-0.2, -0.15) is 0 Å². The number of anilines is 1. The normalized spacial score (nSPS) is 12.2. The fourth-order valence-corrected chi connectivity index (χ4v) is 5.20. The van der Waals surface area contributed by atoms with Gasteiger partial charge in [-0.3, -0.25) is 9.36 Å². The molecular formula is C27H30N4OS. The summed E-state index contributed by atoms with van der Waals surface area (Å²) in [6, 6.07) is 16.1. The van der Waals surface area contributed by atoms with E-state index < -0.39 is 6.04 Å². The van der Waals surface area contributed by atoms with Gasteiger partial charge < -0.3 is 5.32 Å². The molecule has 0 aliphatic carbocycles. The van der Waals surface area contributed by atoms with Crippen molar-refractivity contribution in [3.8, 4) is 0 Å². The van der Waals surface area contributed by atoms with Gasteiger partial charge >= 0.3 is 0 Å². The second-order valence-electron chi connectivity index (χ2n) is 8.57. The van der Waals surface area contributed by atoms with E-state index in [4.69, 9.17) is 4.98 Å². The van der Waals surface area contributed by atoms with Crippen LogP contribution in [0.4, 0.5) is 5.69 Å². The Balaban J connectivity index is 1.68. The average Bonchev–Trinajstić information content (AvgIpc) is 3.15. The summed E-state index contributed by atoms with van der Waals surface area (Å²) >= 11 is 1.64. The standard InChI is InChI=1S/C27H30N4OS/c1-6-23(26(32)30-24-19(4)14-18(3)15-20(24)5)31-25-22(8-7-13-28-25)29-27(31)33-16-21-11-9-17(2)10-12-21/h7-15,23H,6,16H2,1-5H3,(H,30,32)/t23-/m1/s1. The number of carbonyl (C=O) groups excluding carboxylic acids is 1. The molecule has 0 aliphatic heterocycles. The van der Waals surface area contributed by atoms with Crippen LogP contribution in [0, 0.1) is 27.7 Å². The molecule has 2 heterocycles. The molecule has 33 heavy (non-hydrogen) atoms. The van der Waals surface area contributed by atoms with Crippen LogP contribution in [-0.4, -0.2) is 20.4 Å². The number of aromatic nitrogens is 3. The summed E-state index contributed by atoms with van der Waals surface area (Å²) in [6.07, 6.45) is 2.39. The number of imidazole rings is 1. The van der Waals surface area contributed by atoms with Gasteiger partial charge in [-0.05, 0) is 62.9 Å². The van der Waals surface area contributed by atoms with E-state index >= 15 is 0 Å². The van der Waals surface area contributed by atoms with E-state index in [-0.39, 0.29) is 5.91 Å². The lowest BCUT2D eigenvalue weighted by Crippen LogP contribution is -2.27. The third-order valence-corrected chi connectivity index (χ3v) is 6.86. The maximum atomic E-state index is 13.5. The largest absolute Gasteiger partial charge is 0.324 e. The minimum Gasteiger partial charge on any atom is -0.324 e. The number of nitrogens with one attached hydrogen (secondary N) is 1. The highest BCUT2D eigenvalue weighted by Gasteiger charge is 2.26. The lowest BCUT2D eigenvalue weighted by Gasteiger charge is -2.21. The molecular weight excluding hydrogens is 428 g/mol. The van der Waals surface area contributed by atoms with E-state index in [1.165, 1.54) is 16.7 Å². The van der Waals surface area contributed by atoms with Crippen molar-refractivity contribution in [1.29, 1.82) is 0 Å². The molecule has 1 N–H and O–H groups in total. The Morgan fingerprint density at radius 3 is 2.39 bits per heavy atom. The minimum atomic E-state index is -0.412. The van der Waals surface area contributed by atoms with Crippen molar-refractivity contribution >= 4 is 34.5 Å². The molecule has 170 valence electrons. The van der Waals surface area contributed by atoms with Crippen LogP contribution in [0.2, 0.25) is 0 Å². The van der Waals surface area contributed by atoms with E-state index in [0.29, 0.717) is 6.42 Å². The van der Waals surface area contributed by atoms with Crippen LogP contribution < -0.4 is 5.32 Å². The van der Waals surface area contributed by atoms with Crippen LogP contribution in [0.15, 0.2) is 59.9 Å². The monoisotopic (exact) mass is 458 g/mol. The van der Waals surface area contributed by atoms with E-state index in [1.807, 2.05) is 37.5 Å². The van der Waals surface area contributed by atoms with Crippen molar-refractivity contribution in [2.24, 2.45) is 0 Å². The zero-order chi connectivity index (χ0) is 23.5. The number of rotatable bonds is 7. The van der Waals surface area contributed by atoms with Crippen LogP contribution >= 0.6 is 11.8 Å². The summed E-state index contributed by atoms with van der Waals surface area (Å²) < 4.78 is 2.00. The Kier molecular flexibility index (Phi) is 6.84. The van der Waals surface area contributed by atoms with Crippen molar-refractivity contribution in [2.45, 2.75) is 58.0 Å². The summed E-state index contributed by atoms with van der Waals surface area (Å²) in [6.45, 7) is 10.3. The maximum absolute atomic E-state index is 13.5. The van der Waals surface area contributed by atoms with E-state index in [1.54, 1.807) is 18.0 Å². The highest BCUT2D eigenvalue weighted by Crippen LogP contribution is 2.32. The van der Waals surface area contributed by atoms with Crippen LogP contribution in [0.1, 0.15) is 47.2 Å². The molecule has 5 nitrogen and oxygen atoms in total. The minimum absolute atomic E-state index is 0.0466. The van der Waals surface area contributed by atoms with Crippen LogP contribution in [0.3, 0.4) is 0 Å². The predicted molar refractivity (Wildman–Crippen MR) is 137 cm³/mol. The Bertz CT molecular complexity index is 1270. The predicted octanol–water partition coefficient (Wildman–Crippen LogP) is 6.55. The first kappa shape index (κ1) is 23.1. The number of fused-ring (bicyclic) bond motifs is 1. The van der Waals surface area contributed by atoms with Gasteiger partial charge in [-0.15, -0.1) is 0 Å². The zero-order valence-corrected chi connectivity index (χ0v) is 20.7. The number of nitrogens with zero attached hydrogens (tertiary/aromatic N) is 3. The van der Waals surface area contributed by atoms with Crippen LogP contribution in [0.25, 0.3) is 11.2 Å². The van der Waals surface area contributed by atoms with E-state index in [0.717, 1.165) is 38.9 Å². The number of hydrogen-bond acceptors (Lipinski definition) is 4. The van der Waals surface area contributed by atoms with Crippen LogP contribution in [0.5, 0.6) is 0 Å². The number of amides is 1. The fourth-order valence-electron chi connectivity index (χ4n) is 4.19. The molecule has 1 atom stereocenters. The maximum Gasteiger partial charge on any atom is 0.247 e. The highest BCUT2D eigenvalue weighted by atomic mass is 32.2. The molecule has 2 aromatic carbocycles. The number of pyridine rings is 1. The molecule has 0 saturated carbocycles. The van der Waals surface area contributed by atoms with Crippen molar-refractivity contribution in [3.63, 3.8) is 0 Å². The molecule has 0 aliphatic rings. The molecule has 2 aromatic heterocycles.